The SMILES string of the molecule is Cc1cccc2[nH]c(SCc3ccc4ccccc4n3)nc12. The predicted octanol–water partition coefficient (Wildman–Crippen LogP) is 4.71. The molecule has 108 valence electrons. The highest BCUT2D eigenvalue weighted by molar-refractivity contribution is 7.98. The molecule has 4 aromatic rings. The van der Waals surface area contributed by atoms with Crippen molar-refractivity contribution in [2.75, 3.05) is 0 Å². The number of nitrogens with one attached hydrogen (secondary N) is 1. The van der Waals surface area contributed by atoms with Crippen LogP contribution in [0.2, 0.25) is 0 Å². The summed E-state index contributed by atoms with van der Waals surface area (Å²) in [6, 6.07) is 18.6. The summed E-state index contributed by atoms with van der Waals surface area (Å²) in [5, 5.41) is 2.12. The number of hydrogen-bond acceptors (Lipinski definition) is 3. The fourth-order valence-electron chi connectivity index (χ4n) is 2.55. The van der Waals surface area contributed by atoms with Gasteiger partial charge in [-0.15, -0.1) is 0 Å². The standard InChI is InChI=1S/C18H15N3S/c1-12-5-4-8-16-17(12)21-18(20-16)22-11-14-10-9-13-6-2-3-7-15(13)19-14/h2-10H,11H2,1H3,(H,20,21). The van der Waals surface area contributed by atoms with Gasteiger partial charge in [0, 0.05) is 11.1 Å². The Morgan fingerprint density at radius 3 is 2.77 bits per heavy atom. The highest BCUT2D eigenvalue weighted by atomic mass is 32.2. The third-order valence-corrected chi connectivity index (χ3v) is 4.61. The van der Waals surface area contributed by atoms with Gasteiger partial charge in [0.1, 0.15) is 0 Å². The number of para-hydroxylation sites is 2. The number of pyridine rings is 1. The molecule has 22 heavy (non-hydrogen) atoms. The van der Waals surface area contributed by atoms with Crippen LogP contribution < -0.4 is 0 Å². The summed E-state index contributed by atoms with van der Waals surface area (Å²) in [5.41, 5.74) is 5.46. The van der Waals surface area contributed by atoms with E-state index in [4.69, 9.17) is 4.98 Å². The molecule has 0 spiro atoms. The van der Waals surface area contributed by atoms with Crippen LogP contribution in [-0.2, 0) is 5.75 Å². The van der Waals surface area contributed by atoms with Gasteiger partial charge >= 0.3 is 0 Å². The Morgan fingerprint density at radius 1 is 0.955 bits per heavy atom. The van der Waals surface area contributed by atoms with Gasteiger partial charge in [-0.1, -0.05) is 48.2 Å². The maximum absolute atomic E-state index is 4.70. The van der Waals surface area contributed by atoms with E-state index < -0.39 is 0 Å². The fourth-order valence-corrected chi connectivity index (χ4v) is 3.34. The van der Waals surface area contributed by atoms with E-state index in [-0.39, 0.29) is 0 Å². The van der Waals surface area contributed by atoms with E-state index in [2.05, 4.69) is 53.3 Å². The minimum atomic E-state index is 0.809. The third-order valence-electron chi connectivity index (χ3n) is 3.71. The average Bonchev–Trinajstić information content (AvgIpc) is 2.97. The Morgan fingerprint density at radius 2 is 1.86 bits per heavy atom. The zero-order valence-corrected chi connectivity index (χ0v) is 13.0. The Bertz CT molecular complexity index is 959. The number of benzene rings is 2. The molecule has 0 bridgehead atoms. The van der Waals surface area contributed by atoms with Gasteiger partial charge < -0.3 is 4.98 Å². The molecule has 2 aromatic heterocycles. The molecule has 0 unspecified atom stereocenters. The Labute approximate surface area is 132 Å². The second kappa shape index (κ2) is 5.46. The number of nitrogens with zero attached hydrogens (tertiary/aromatic N) is 2. The number of fused-ring (bicyclic) bond motifs is 2. The monoisotopic (exact) mass is 305 g/mol. The van der Waals surface area contributed by atoms with Crippen LogP contribution in [0.15, 0.2) is 59.8 Å². The van der Waals surface area contributed by atoms with Crippen molar-refractivity contribution in [2.24, 2.45) is 0 Å². The van der Waals surface area contributed by atoms with Crippen LogP contribution in [0.4, 0.5) is 0 Å². The Balaban J connectivity index is 1.58. The van der Waals surface area contributed by atoms with Crippen LogP contribution in [0.3, 0.4) is 0 Å². The van der Waals surface area contributed by atoms with Gasteiger partial charge in [0.05, 0.1) is 22.2 Å². The molecular weight excluding hydrogens is 290 g/mol. The van der Waals surface area contributed by atoms with Gasteiger partial charge in [-0.3, -0.25) is 4.98 Å². The van der Waals surface area contributed by atoms with Crippen LogP contribution in [0.25, 0.3) is 21.9 Å². The lowest BCUT2D eigenvalue weighted by molar-refractivity contribution is 1.07. The minimum Gasteiger partial charge on any atom is -0.333 e. The number of rotatable bonds is 3. The van der Waals surface area contributed by atoms with E-state index in [0.717, 1.165) is 33.2 Å². The van der Waals surface area contributed by atoms with E-state index in [1.165, 1.54) is 10.9 Å². The van der Waals surface area contributed by atoms with Crippen LogP contribution in [0, 0.1) is 6.92 Å². The van der Waals surface area contributed by atoms with Crippen LogP contribution >= 0.6 is 11.8 Å². The molecule has 2 heterocycles. The second-order valence-electron chi connectivity index (χ2n) is 5.30. The summed E-state index contributed by atoms with van der Waals surface area (Å²) in [4.78, 5) is 12.7. The maximum Gasteiger partial charge on any atom is 0.166 e. The molecule has 0 radical (unpaired) electrons. The molecule has 4 heteroatoms. The van der Waals surface area contributed by atoms with Crippen molar-refractivity contribution >= 4 is 33.7 Å². The Hall–Kier alpha value is -2.33. The topological polar surface area (TPSA) is 41.6 Å². The van der Waals surface area contributed by atoms with Crippen molar-refractivity contribution in [3.8, 4) is 0 Å². The van der Waals surface area contributed by atoms with Crippen molar-refractivity contribution in [3.63, 3.8) is 0 Å². The number of aromatic amines is 1. The summed E-state index contributed by atoms with van der Waals surface area (Å²) in [7, 11) is 0. The van der Waals surface area contributed by atoms with Gasteiger partial charge in [-0.2, -0.15) is 0 Å². The first-order chi connectivity index (χ1) is 10.8. The molecule has 1 N–H and O–H groups in total. The minimum absolute atomic E-state index is 0.809. The number of hydrogen-bond donors (Lipinski definition) is 1. The number of H-pyrrole nitrogens is 1. The quantitative estimate of drug-likeness (QED) is 0.557. The number of aromatic nitrogens is 3. The maximum atomic E-state index is 4.70. The van der Waals surface area contributed by atoms with E-state index in [1.807, 2.05) is 18.2 Å². The molecule has 0 fully saturated rings. The lowest BCUT2D eigenvalue weighted by Gasteiger charge is -2.01. The highest BCUT2D eigenvalue weighted by Gasteiger charge is 2.06. The average molecular weight is 305 g/mol. The second-order valence-corrected chi connectivity index (χ2v) is 6.26. The van der Waals surface area contributed by atoms with Crippen molar-refractivity contribution in [1.29, 1.82) is 0 Å². The van der Waals surface area contributed by atoms with Gasteiger partial charge in [-0.05, 0) is 30.7 Å². The fraction of sp³-hybridized carbons (Fsp3) is 0.111. The van der Waals surface area contributed by atoms with Crippen LogP contribution in [0.1, 0.15) is 11.3 Å². The predicted molar refractivity (Wildman–Crippen MR) is 92.1 cm³/mol. The highest BCUT2D eigenvalue weighted by Crippen LogP contribution is 2.24. The molecule has 0 aliphatic heterocycles. The van der Waals surface area contributed by atoms with E-state index in [9.17, 15) is 0 Å². The normalized spacial score (nSPS) is 11.3. The summed E-state index contributed by atoms with van der Waals surface area (Å²) in [5.74, 6) is 0.809. The summed E-state index contributed by atoms with van der Waals surface area (Å²) >= 11 is 1.69. The summed E-state index contributed by atoms with van der Waals surface area (Å²) in [6.45, 7) is 2.09. The van der Waals surface area contributed by atoms with Crippen LogP contribution in [0.5, 0.6) is 0 Å². The molecule has 0 saturated carbocycles. The largest absolute Gasteiger partial charge is 0.333 e. The van der Waals surface area contributed by atoms with Gasteiger partial charge in [0.2, 0.25) is 0 Å². The molecule has 0 atom stereocenters. The zero-order chi connectivity index (χ0) is 14.9. The molecule has 0 aliphatic carbocycles. The van der Waals surface area contributed by atoms with Crippen molar-refractivity contribution in [1.82, 2.24) is 15.0 Å². The van der Waals surface area contributed by atoms with Gasteiger partial charge in [-0.25, -0.2) is 4.98 Å². The first kappa shape index (κ1) is 13.3. The van der Waals surface area contributed by atoms with Gasteiger partial charge in [0.25, 0.3) is 0 Å². The smallest absolute Gasteiger partial charge is 0.166 e. The molecule has 4 rings (SSSR count). The van der Waals surface area contributed by atoms with E-state index >= 15 is 0 Å². The molecule has 0 aliphatic rings. The molecule has 0 saturated heterocycles. The zero-order valence-electron chi connectivity index (χ0n) is 12.2. The lowest BCUT2D eigenvalue weighted by atomic mass is 10.2. The van der Waals surface area contributed by atoms with Crippen molar-refractivity contribution < 1.29 is 0 Å². The number of aryl methyl sites for hydroxylation is 1. The van der Waals surface area contributed by atoms with Gasteiger partial charge in [0.15, 0.2) is 5.16 Å². The van der Waals surface area contributed by atoms with Crippen molar-refractivity contribution in [3.05, 3.63) is 65.9 Å². The van der Waals surface area contributed by atoms with E-state index in [1.54, 1.807) is 11.8 Å². The molecular formula is C18H15N3S. The van der Waals surface area contributed by atoms with Crippen LogP contribution in [-0.4, -0.2) is 15.0 Å². The lowest BCUT2D eigenvalue weighted by Crippen LogP contribution is -1.88. The number of thioether (sulfide) groups is 1. The first-order valence-electron chi connectivity index (χ1n) is 7.22. The van der Waals surface area contributed by atoms with Crippen molar-refractivity contribution in [2.45, 2.75) is 17.8 Å². The molecule has 0 amide bonds. The summed E-state index contributed by atoms with van der Waals surface area (Å²) < 4.78 is 0. The summed E-state index contributed by atoms with van der Waals surface area (Å²) in [6.07, 6.45) is 0. The Kier molecular flexibility index (Phi) is 3.31. The number of imidazole rings is 1. The van der Waals surface area contributed by atoms with E-state index in [0.29, 0.717) is 0 Å². The third kappa shape index (κ3) is 2.46. The molecule has 2 aromatic carbocycles. The first-order valence-corrected chi connectivity index (χ1v) is 8.21. The molecule has 3 nitrogen and oxygen atoms in total.